The van der Waals surface area contributed by atoms with E-state index in [1.54, 1.807) is 7.11 Å². The molecule has 0 aliphatic rings. The topological polar surface area (TPSA) is 39.7 Å². The van der Waals surface area contributed by atoms with Gasteiger partial charge in [0.15, 0.2) is 0 Å². The van der Waals surface area contributed by atoms with Crippen LogP contribution in [0.25, 0.3) is 0 Å². The second-order valence-corrected chi connectivity index (χ2v) is 2.29. The summed E-state index contributed by atoms with van der Waals surface area (Å²) in [5, 5.41) is 0. The molecule has 4 nitrogen and oxygen atoms in total. The Morgan fingerprint density at radius 1 is 1.17 bits per heavy atom. The smallest absolute Gasteiger partial charge is 0.0915 e. The summed E-state index contributed by atoms with van der Waals surface area (Å²) in [5.41, 5.74) is 2.82. The van der Waals surface area contributed by atoms with Crippen molar-refractivity contribution in [2.24, 2.45) is 0 Å². The zero-order valence-electron chi connectivity index (χ0n) is 7.97. The molecule has 0 saturated carbocycles. The Balaban J connectivity index is 2.73. The monoisotopic (exact) mass is 177 g/mol. The van der Waals surface area contributed by atoms with Crippen molar-refractivity contribution in [2.75, 3.05) is 40.1 Å². The van der Waals surface area contributed by atoms with Gasteiger partial charge < -0.3 is 9.47 Å². The molecule has 0 heterocycles. The SMILES string of the molecule is CCOCCCNOCCOC. The third kappa shape index (κ3) is 9.84. The quantitative estimate of drug-likeness (QED) is 0.413. The average molecular weight is 177 g/mol. The maximum Gasteiger partial charge on any atom is 0.0915 e. The molecule has 0 amide bonds. The van der Waals surface area contributed by atoms with Crippen LogP contribution in [0.15, 0.2) is 0 Å². The summed E-state index contributed by atoms with van der Waals surface area (Å²) in [6.07, 6.45) is 0.973. The fourth-order valence-corrected chi connectivity index (χ4v) is 0.660. The van der Waals surface area contributed by atoms with Gasteiger partial charge in [-0.25, -0.2) is 5.48 Å². The van der Waals surface area contributed by atoms with Gasteiger partial charge in [0.2, 0.25) is 0 Å². The van der Waals surface area contributed by atoms with Crippen molar-refractivity contribution in [1.29, 1.82) is 0 Å². The molecule has 4 heteroatoms. The third-order valence-corrected chi connectivity index (χ3v) is 1.26. The molecule has 0 spiro atoms. The molecular weight excluding hydrogens is 158 g/mol. The van der Waals surface area contributed by atoms with Crippen molar-refractivity contribution in [1.82, 2.24) is 5.48 Å². The van der Waals surface area contributed by atoms with Crippen LogP contribution >= 0.6 is 0 Å². The number of hydroxylamine groups is 1. The van der Waals surface area contributed by atoms with Crippen LogP contribution in [0.4, 0.5) is 0 Å². The second kappa shape index (κ2) is 10.8. The van der Waals surface area contributed by atoms with Crippen molar-refractivity contribution in [3.05, 3.63) is 0 Å². The summed E-state index contributed by atoms with van der Waals surface area (Å²) in [7, 11) is 1.65. The van der Waals surface area contributed by atoms with Gasteiger partial charge in [-0.3, -0.25) is 4.84 Å². The highest BCUT2D eigenvalue weighted by Crippen LogP contribution is 1.80. The van der Waals surface area contributed by atoms with E-state index in [1.165, 1.54) is 0 Å². The molecular formula is C8H19NO3. The summed E-state index contributed by atoms with van der Waals surface area (Å²) in [6, 6.07) is 0. The van der Waals surface area contributed by atoms with E-state index in [1.807, 2.05) is 6.92 Å². The Bertz CT molecular complexity index is 70.7. The van der Waals surface area contributed by atoms with E-state index in [9.17, 15) is 0 Å². The molecule has 0 aliphatic heterocycles. The first-order valence-corrected chi connectivity index (χ1v) is 4.33. The lowest BCUT2D eigenvalue weighted by Crippen LogP contribution is -2.19. The molecule has 0 saturated heterocycles. The Morgan fingerprint density at radius 2 is 2.00 bits per heavy atom. The highest BCUT2D eigenvalue weighted by atomic mass is 16.7. The molecule has 0 aromatic heterocycles. The zero-order chi connectivity index (χ0) is 9.07. The summed E-state index contributed by atoms with van der Waals surface area (Å²) < 4.78 is 9.94. The van der Waals surface area contributed by atoms with Crippen molar-refractivity contribution >= 4 is 0 Å². The first kappa shape index (κ1) is 11.8. The molecule has 0 aromatic carbocycles. The van der Waals surface area contributed by atoms with Crippen LogP contribution in [-0.4, -0.2) is 40.1 Å². The largest absolute Gasteiger partial charge is 0.382 e. The van der Waals surface area contributed by atoms with E-state index in [0.29, 0.717) is 13.2 Å². The lowest BCUT2D eigenvalue weighted by molar-refractivity contribution is 0.00335. The molecule has 0 aromatic rings. The molecule has 12 heavy (non-hydrogen) atoms. The molecule has 0 bridgehead atoms. The van der Waals surface area contributed by atoms with Crippen LogP contribution in [-0.2, 0) is 14.3 Å². The Hall–Kier alpha value is -0.160. The summed E-state index contributed by atoms with van der Waals surface area (Å²) in [6.45, 7) is 5.59. The van der Waals surface area contributed by atoms with Crippen LogP contribution in [0.5, 0.6) is 0 Å². The fraction of sp³-hybridized carbons (Fsp3) is 1.00. The van der Waals surface area contributed by atoms with E-state index in [4.69, 9.17) is 14.3 Å². The highest BCUT2D eigenvalue weighted by Gasteiger charge is 1.88. The van der Waals surface area contributed by atoms with Crippen LogP contribution in [0.2, 0.25) is 0 Å². The molecule has 0 aliphatic carbocycles. The maximum atomic E-state index is 5.14. The minimum atomic E-state index is 0.588. The van der Waals surface area contributed by atoms with Crippen LogP contribution in [0, 0.1) is 0 Å². The van der Waals surface area contributed by atoms with Gasteiger partial charge in [0.1, 0.15) is 0 Å². The van der Waals surface area contributed by atoms with Gasteiger partial charge in [0.25, 0.3) is 0 Å². The van der Waals surface area contributed by atoms with Crippen molar-refractivity contribution in [3.63, 3.8) is 0 Å². The van der Waals surface area contributed by atoms with Gasteiger partial charge in [-0.1, -0.05) is 0 Å². The maximum absolute atomic E-state index is 5.14. The van der Waals surface area contributed by atoms with Crippen molar-refractivity contribution < 1.29 is 14.3 Å². The Morgan fingerprint density at radius 3 is 2.67 bits per heavy atom. The predicted molar refractivity (Wildman–Crippen MR) is 46.9 cm³/mol. The Labute approximate surface area is 74.1 Å². The van der Waals surface area contributed by atoms with E-state index in [-0.39, 0.29) is 0 Å². The standard InChI is InChI=1S/C8H19NO3/c1-3-11-6-4-5-9-12-8-7-10-2/h9H,3-8H2,1-2H3. The van der Waals surface area contributed by atoms with Crippen LogP contribution in [0.3, 0.4) is 0 Å². The number of hydrogen-bond donors (Lipinski definition) is 1. The first-order valence-electron chi connectivity index (χ1n) is 4.33. The molecule has 0 rings (SSSR count). The second-order valence-electron chi connectivity index (χ2n) is 2.29. The summed E-state index contributed by atoms with van der Waals surface area (Å²) in [5.74, 6) is 0. The Kier molecular flexibility index (Phi) is 10.7. The van der Waals surface area contributed by atoms with Crippen molar-refractivity contribution in [3.8, 4) is 0 Å². The van der Waals surface area contributed by atoms with E-state index < -0.39 is 0 Å². The normalized spacial score (nSPS) is 10.5. The summed E-state index contributed by atoms with van der Waals surface area (Å²) in [4.78, 5) is 5.02. The van der Waals surface area contributed by atoms with Crippen LogP contribution < -0.4 is 5.48 Å². The molecule has 74 valence electrons. The van der Waals surface area contributed by atoms with Crippen molar-refractivity contribution in [2.45, 2.75) is 13.3 Å². The minimum absolute atomic E-state index is 0.588. The molecule has 0 atom stereocenters. The lowest BCUT2D eigenvalue weighted by Gasteiger charge is -2.04. The van der Waals surface area contributed by atoms with Gasteiger partial charge in [-0.05, 0) is 13.3 Å². The minimum Gasteiger partial charge on any atom is -0.382 e. The van der Waals surface area contributed by atoms with Gasteiger partial charge in [-0.15, -0.1) is 0 Å². The molecule has 0 radical (unpaired) electrons. The molecule has 0 fully saturated rings. The lowest BCUT2D eigenvalue weighted by atomic mass is 10.5. The first-order chi connectivity index (χ1) is 5.91. The number of nitrogens with one attached hydrogen (secondary N) is 1. The number of ether oxygens (including phenoxy) is 2. The number of rotatable bonds is 9. The van der Waals surface area contributed by atoms with E-state index in [2.05, 4.69) is 5.48 Å². The summed E-state index contributed by atoms with van der Waals surface area (Å²) >= 11 is 0. The van der Waals surface area contributed by atoms with E-state index >= 15 is 0 Å². The predicted octanol–water partition coefficient (Wildman–Crippen LogP) is 0.581. The van der Waals surface area contributed by atoms with Gasteiger partial charge in [-0.2, -0.15) is 0 Å². The third-order valence-electron chi connectivity index (χ3n) is 1.26. The van der Waals surface area contributed by atoms with Gasteiger partial charge in [0.05, 0.1) is 13.2 Å². The molecule has 1 N–H and O–H groups in total. The number of methoxy groups -OCH3 is 1. The van der Waals surface area contributed by atoms with Gasteiger partial charge >= 0.3 is 0 Å². The number of hydrogen-bond acceptors (Lipinski definition) is 4. The van der Waals surface area contributed by atoms with E-state index in [0.717, 1.165) is 26.2 Å². The van der Waals surface area contributed by atoms with Gasteiger partial charge in [0, 0.05) is 26.9 Å². The zero-order valence-corrected chi connectivity index (χ0v) is 7.97. The van der Waals surface area contributed by atoms with Crippen LogP contribution in [0.1, 0.15) is 13.3 Å². The highest BCUT2D eigenvalue weighted by molar-refractivity contribution is 4.36. The molecule has 0 unspecified atom stereocenters. The fourth-order valence-electron chi connectivity index (χ4n) is 0.660. The average Bonchev–Trinajstić information content (AvgIpc) is 2.10.